The van der Waals surface area contributed by atoms with Crippen LogP contribution in [0.3, 0.4) is 0 Å². The van der Waals surface area contributed by atoms with Crippen molar-refractivity contribution in [3.8, 4) is 0 Å². The maximum atomic E-state index is 12.2. The summed E-state index contributed by atoms with van der Waals surface area (Å²) >= 11 is 0. The van der Waals surface area contributed by atoms with Crippen LogP contribution in [0.4, 0.5) is 0 Å². The summed E-state index contributed by atoms with van der Waals surface area (Å²) in [6, 6.07) is -0.257. The van der Waals surface area contributed by atoms with Gasteiger partial charge in [-0.2, -0.15) is 0 Å². The minimum Gasteiger partial charge on any atom is -0.369 e. The predicted octanol–water partition coefficient (Wildman–Crippen LogP) is 0.583. The standard InChI is InChI=1S/C13H22N4O2/c1-4-16(3)13(18)10(2)17-9-15-7-11(17)12-8-14-5-6-19-12/h7,9-10,12,14H,4-6,8H2,1-3H3. The van der Waals surface area contributed by atoms with E-state index in [4.69, 9.17) is 4.74 Å². The van der Waals surface area contributed by atoms with Crippen molar-refractivity contribution in [1.82, 2.24) is 19.8 Å². The molecule has 1 saturated heterocycles. The highest BCUT2D eigenvalue weighted by Gasteiger charge is 2.25. The van der Waals surface area contributed by atoms with E-state index in [0.29, 0.717) is 13.2 Å². The second-order valence-corrected chi connectivity index (χ2v) is 4.82. The van der Waals surface area contributed by atoms with Gasteiger partial charge in [-0.15, -0.1) is 0 Å². The van der Waals surface area contributed by atoms with Gasteiger partial charge in [0, 0.05) is 26.7 Å². The van der Waals surface area contributed by atoms with Gasteiger partial charge >= 0.3 is 0 Å². The van der Waals surface area contributed by atoms with Crippen molar-refractivity contribution in [2.24, 2.45) is 0 Å². The van der Waals surface area contributed by atoms with Gasteiger partial charge in [0.2, 0.25) is 5.91 Å². The summed E-state index contributed by atoms with van der Waals surface area (Å²) < 4.78 is 7.64. The molecule has 6 nitrogen and oxygen atoms in total. The van der Waals surface area contributed by atoms with Crippen molar-refractivity contribution in [2.75, 3.05) is 33.3 Å². The van der Waals surface area contributed by atoms with Crippen molar-refractivity contribution < 1.29 is 9.53 Å². The molecule has 0 aliphatic carbocycles. The van der Waals surface area contributed by atoms with Gasteiger partial charge in [-0.3, -0.25) is 4.79 Å². The van der Waals surface area contributed by atoms with Gasteiger partial charge in [0.25, 0.3) is 0 Å². The number of hydrogen-bond donors (Lipinski definition) is 1. The zero-order valence-electron chi connectivity index (χ0n) is 11.8. The summed E-state index contributed by atoms with van der Waals surface area (Å²) in [4.78, 5) is 18.1. The van der Waals surface area contributed by atoms with Crippen LogP contribution >= 0.6 is 0 Å². The van der Waals surface area contributed by atoms with Crippen LogP contribution in [0.1, 0.15) is 31.7 Å². The Morgan fingerprint density at radius 3 is 3.16 bits per heavy atom. The SMILES string of the molecule is CCN(C)C(=O)C(C)n1cncc1C1CNCCO1. The topological polar surface area (TPSA) is 59.4 Å². The Bertz CT molecular complexity index is 426. The van der Waals surface area contributed by atoms with E-state index in [9.17, 15) is 4.79 Å². The molecule has 19 heavy (non-hydrogen) atoms. The fraction of sp³-hybridized carbons (Fsp3) is 0.692. The Hall–Kier alpha value is -1.40. The van der Waals surface area contributed by atoms with Crippen LogP contribution in [-0.2, 0) is 9.53 Å². The molecular weight excluding hydrogens is 244 g/mol. The first-order valence-electron chi connectivity index (χ1n) is 6.74. The smallest absolute Gasteiger partial charge is 0.245 e. The molecule has 0 spiro atoms. The number of nitrogens with zero attached hydrogens (tertiary/aromatic N) is 3. The second kappa shape index (κ2) is 6.16. The largest absolute Gasteiger partial charge is 0.369 e. The maximum absolute atomic E-state index is 12.2. The van der Waals surface area contributed by atoms with Gasteiger partial charge in [-0.05, 0) is 13.8 Å². The van der Waals surface area contributed by atoms with E-state index in [-0.39, 0.29) is 18.1 Å². The molecule has 1 N–H and O–H groups in total. The van der Waals surface area contributed by atoms with E-state index in [1.165, 1.54) is 0 Å². The number of hydrogen-bond acceptors (Lipinski definition) is 4. The lowest BCUT2D eigenvalue weighted by Crippen LogP contribution is -2.37. The summed E-state index contributed by atoms with van der Waals surface area (Å²) in [7, 11) is 1.81. The predicted molar refractivity (Wildman–Crippen MR) is 71.8 cm³/mol. The lowest BCUT2D eigenvalue weighted by atomic mass is 10.2. The highest BCUT2D eigenvalue weighted by Crippen LogP contribution is 2.22. The summed E-state index contributed by atoms with van der Waals surface area (Å²) in [6.45, 7) is 6.89. The molecule has 2 heterocycles. The van der Waals surface area contributed by atoms with E-state index < -0.39 is 0 Å². The molecular formula is C13H22N4O2. The van der Waals surface area contributed by atoms with Crippen LogP contribution in [0.15, 0.2) is 12.5 Å². The molecule has 0 aromatic carbocycles. The van der Waals surface area contributed by atoms with Crippen molar-refractivity contribution >= 4 is 5.91 Å². The monoisotopic (exact) mass is 266 g/mol. The van der Waals surface area contributed by atoms with Crippen LogP contribution in [0.2, 0.25) is 0 Å². The van der Waals surface area contributed by atoms with E-state index in [0.717, 1.165) is 18.8 Å². The third-order valence-electron chi connectivity index (χ3n) is 3.58. The Morgan fingerprint density at radius 2 is 2.53 bits per heavy atom. The third-order valence-corrected chi connectivity index (χ3v) is 3.58. The number of rotatable bonds is 4. The molecule has 2 rings (SSSR count). The molecule has 1 aromatic rings. The van der Waals surface area contributed by atoms with Crippen molar-refractivity contribution in [3.63, 3.8) is 0 Å². The van der Waals surface area contributed by atoms with Gasteiger partial charge in [0.15, 0.2) is 0 Å². The highest BCUT2D eigenvalue weighted by atomic mass is 16.5. The third kappa shape index (κ3) is 2.96. The van der Waals surface area contributed by atoms with Crippen LogP contribution in [0, 0.1) is 0 Å². The summed E-state index contributed by atoms with van der Waals surface area (Å²) in [5.41, 5.74) is 0.956. The zero-order valence-corrected chi connectivity index (χ0v) is 11.8. The molecule has 1 amide bonds. The normalized spacial score (nSPS) is 21.1. The number of nitrogens with one attached hydrogen (secondary N) is 1. The van der Waals surface area contributed by atoms with Crippen LogP contribution in [-0.4, -0.2) is 53.6 Å². The highest BCUT2D eigenvalue weighted by molar-refractivity contribution is 5.79. The minimum atomic E-state index is -0.257. The molecule has 0 radical (unpaired) electrons. The molecule has 0 saturated carbocycles. The molecule has 2 atom stereocenters. The molecule has 1 fully saturated rings. The van der Waals surface area contributed by atoms with E-state index >= 15 is 0 Å². The van der Waals surface area contributed by atoms with Gasteiger partial charge in [0.05, 0.1) is 24.8 Å². The molecule has 0 bridgehead atoms. The quantitative estimate of drug-likeness (QED) is 0.866. The van der Waals surface area contributed by atoms with Crippen LogP contribution in [0.5, 0.6) is 0 Å². The van der Waals surface area contributed by atoms with Gasteiger partial charge in [-0.1, -0.05) is 0 Å². The second-order valence-electron chi connectivity index (χ2n) is 4.82. The van der Waals surface area contributed by atoms with Crippen LogP contribution in [0.25, 0.3) is 0 Å². The molecule has 1 aliphatic rings. The van der Waals surface area contributed by atoms with Gasteiger partial charge in [-0.25, -0.2) is 4.98 Å². The van der Waals surface area contributed by atoms with Crippen molar-refractivity contribution in [3.05, 3.63) is 18.2 Å². The molecule has 1 aliphatic heterocycles. The number of ether oxygens (including phenoxy) is 1. The van der Waals surface area contributed by atoms with Gasteiger partial charge in [0.1, 0.15) is 12.1 Å². The van der Waals surface area contributed by atoms with Crippen molar-refractivity contribution in [1.29, 1.82) is 0 Å². The fourth-order valence-corrected chi connectivity index (χ4v) is 2.24. The number of carbonyl (C=O) groups excluding carboxylic acids is 1. The van der Waals surface area contributed by atoms with E-state index in [1.807, 2.05) is 25.5 Å². The summed E-state index contributed by atoms with van der Waals surface area (Å²) in [6.07, 6.45) is 3.46. The molecule has 1 aromatic heterocycles. The first-order valence-corrected chi connectivity index (χ1v) is 6.74. The fourth-order valence-electron chi connectivity index (χ4n) is 2.24. The van der Waals surface area contributed by atoms with E-state index in [2.05, 4.69) is 10.3 Å². The zero-order chi connectivity index (χ0) is 13.8. The average molecular weight is 266 g/mol. The number of likely N-dealkylation sites (N-methyl/N-ethyl adjacent to an activating group) is 1. The number of morpholine rings is 1. The minimum absolute atomic E-state index is 0.0292. The maximum Gasteiger partial charge on any atom is 0.245 e. The van der Waals surface area contributed by atoms with E-state index in [1.54, 1.807) is 17.4 Å². The van der Waals surface area contributed by atoms with Gasteiger partial charge < -0.3 is 19.5 Å². The summed E-state index contributed by atoms with van der Waals surface area (Å²) in [5.74, 6) is 0.0884. The first kappa shape index (κ1) is 14.0. The Morgan fingerprint density at radius 1 is 1.74 bits per heavy atom. The number of aromatic nitrogens is 2. The van der Waals surface area contributed by atoms with Crippen molar-refractivity contribution in [2.45, 2.75) is 26.0 Å². The van der Waals surface area contributed by atoms with Crippen LogP contribution < -0.4 is 5.32 Å². The Labute approximate surface area is 113 Å². The molecule has 106 valence electrons. The Kier molecular flexibility index (Phi) is 4.55. The number of imidazole rings is 1. The lowest BCUT2D eigenvalue weighted by molar-refractivity contribution is -0.132. The molecule has 6 heteroatoms. The lowest BCUT2D eigenvalue weighted by Gasteiger charge is -2.27. The molecule has 2 unspecified atom stereocenters. The average Bonchev–Trinajstić information content (AvgIpc) is 2.95. The number of carbonyl (C=O) groups is 1. The summed E-state index contributed by atoms with van der Waals surface area (Å²) in [5, 5.41) is 3.29. The number of amides is 1. The first-order chi connectivity index (χ1) is 9.15. The Balaban J connectivity index is 2.16.